The summed E-state index contributed by atoms with van der Waals surface area (Å²) < 4.78 is 0. The molecule has 0 saturated heterocycles. The molecule has 0 heterocycles. The summed E-state index contributed by atoms with van der Waals surface area (Å²) in [5.74, 6) is -1.97. The van der Waals surface area contributed by atoms with Crippen LogP contribution in [0.4, 0.5) is 11.4 Å². The van der Waals surface area contributed by atoms with E-state index in [-0.39, 0.29) is 17.1 Å². The Kier molecular flexibility index (Phi) is 4.01. The summed E-state index contributed by atoms with van der Waals surface area (Å²) in [5.41, 5.74) is -1.89. The van der Waals surface area contributed by atoms with Crippen molar-refractivity contribution >= 4 is 11.4 Å². The Morgan fingerprint density at radius 2 is 1.60 bits per heavy atom. The number of nitro benzene ring substituents is 2. The molecule has 0 unspecified atom stereocenters. The second-order valence-electron chi connectivity index (χ2n) is 2.32. The Hall–Kier alpha value is -1.86. The van der Waals surface area contributed by atoms with Crippen molar-refractivity contribution in [1.82, 2.24) is 0 Å². The van der Waals surface area contributed by atoms with Crippen molar-refractivity contribution in [2.24, 2.45) is 0 Å². The molecule has 0 radical (unpaired) electrons. The SMILES string of the molecule is O=[N+]([O-])c1ccc(O)c([N+](=O)[O-])c1O.[Fe]. The molecule has 0 atom stereocenters. The minimum atomic E-state index is -1.15. The van der Waals surface area contributed by atoms with Gasteiger partial charge in [-0.15, -0.1) is 0 Å². The van der Waals surface area contributed by atoms with E-state index in [4.69, 9.17) is 10.2 Å². The first-order chi connectivity index (χ1) is 6.45. The van der Waals surface area contributed by atoms with Gasteiger partial charge in [-0.05, 0) is 6.07 Å². The van der Waals surface area contributed by atoms with E-state index < -0.39 is 32.7 Å². The molecule has 0 saturated carbocycles. The largest absolute Gasteiger partial charge is 0.502 e. The zero-order chi connectivity index (χ0) is 10.9. The van der Waals surface area contributed by atoms with E-state index in [1.807, 2.05) is 0 Å². The number of nitro groups is 2. The van der Waals surface area contributed by atoms with Crippen LogP contribution < -0.4 is 0 Å². The third-order valence-electron chi connectivity index (χ3n) is 1.49. The summed E-state index contributed by atoms with van der Waals surface area (Å²) in [6, 6.07) is 1.55. The average molecular weight is 256 g/mol. The van der Waals surface area contributed by atoms with E-state index in [1.165, 1.54) is 0 Å². The maximum absolute atomic E-state index is 10.3. The van der Waals surface area contributed by atoms with Crippen LogP contribution in [-0.2, 0) is 17.1 Å². The predicted molar refractivity (Wildman–Crippen MR) is 43.1 cm³/mol. The van der Waals surface area contributed by atoms with Gasteiger partial charge in [0.25, 0.3) is 5.75 Å². The quantitative estimate of drug-likeness (QED) is 0.459. The van der Waals surface area contributed by atoms with Crippen molar-refractivity contribution in [2.45, 2.75) is 0 Å². The Morgan fingerprint density at radius 1 is 1.07 bits per heavy atom. The fourth-order valence-corrected chi connectivity index (χ4v) is 0.886. The number of benzene rings is 1. The first-order valence-electron chi connectivity index (χ1n) is 3.29. The van der Waals surface area contributed by atoms with E-state index in [0.717, 1.165) is 12.1 Å². The first kappa shape index (κ1) is 13.1. The van der Waals surface area contributed by atoms with Crippen LogP contribution in [0.25, 0.3) is 0 Å². The van der Waals surface area contributed by atoms with E-state index in [2.05, 4.69) is 0 Å². The molecule has 0 aliphatic rings. The molecule has 0 aromatic heterocycles. The predicted octanol–water partition coefficient (Wildman–Crippen LogP) is 0.912. The molecule has 1 aromatic rings. The maximum atomic E-state index is 10.3. The van der Waals surface area contributed by atoms with Gasteiger partial charge >= 0.3 is 11.4 Å². The van der Waals surface area contributed by atoms with Crippen LogP contribution in [0.15, 0.2) is 12.1 Å². The molecule has 0 amide bonds. The maximum Gasteiger partial charge on any atom is 0.359 e. The number of phenols is 2. The Bertz CT molecular complexity index is 420. The van der Waals surface area contributed by atoms with Crippen LogP contribution in [0, 0.1) is 20.2 Å². The third kappa shape index (κ3) is 2.33. The number of phenolic OH excluding ortho intramolecular Hbond substituents is 2. The van der Waals surface area contributed by atoms with Gasteiger partial charge in [0, 0.05) is 23.1 Å². The van der Waals surface area contributed by atoms with Crippen LogP contribution >= 0.6 is 0 Å². The van der Waals surface area contributed by atoms with Crippen molar-refractivity contribution in [3.8, 4) is 11.5 Å². The molecular weight excluding hydrogens is 252 g/mol. The molecule has 15 heavy (non-hydrogen) atoms. The third-order valence-corrected chi connectivity index (χ3v) is 1.49. The molecule has 0 fully saturated rings. The summed E-state index contributed by atoms with van der Waals surface area (Å²) in [7, 11) is 0. The number of rotatable bonds is 2. The van der Waals surface area contributed by atoms with Gasteiger partial charge in [-0.3, -0.25) is 20.2 Å². The van der Waals surface area contributed by atoms with Crippen molar-refractivity contribution < 1.29 is 37.1 Å². The van der Waals surface area contributed by atoms with Gasteiger partial charge in [-0.2, -0.15) is 0 Å². The summed E-state index contributed by atoms with van der Waals surface area (Å²) in [5, 5.41) is 38.5. The van der Waals surface area contributed by atoms with E-state index in [0.29, 0.717) is 0 Å². The molecule has 9 heteroatoms. The Morgan fingerprint density at radius 3 is 2.00 bits per heavy atom. The van der Waals surface area contributed by atoms with Crippen LogP contribution in [0.3, 0.4) is 0 Å². The molecule has 1 aromatic carbocycles. The van der Waals surface area contributed by atoms with Gasteiger partial charge in [-0.25, -0.2) is 0 Å². The van der Waals surface area contributed by atoms with E-state index in [1.54, 1.807) is 0 Å². The zero-order valence-electron chi connectivity index (χ0n) is 6.93. The number of hydrogen-bond acceptors (Lipinski definition) is 6. The van der Waals surface area contributed by atoms with E-state index >= 15 is 0 Å². The Labute approximate surface area is 92.9 Å². The number of nitrogens with zero attached hydrogens (tertiary/aromatic N) is 2. The Balaban J connectivity index is 0.00000196. The van der Waals surface area contributed by atoms with Crippen molar-refractivity contribution in [3.05, 3.63) is 32.4 Å². The standard InChI is InChI=1S/C6H4N2O6.Fe/c9-4-2-1-3(7(11)12)6(10)5(4)8(13)14;/h1-2,9-10H;. The molecule has 0 spiro atoms. The van der Waals surface area contributed by atoms with Gasteiger partial charge in [0.1, 0.15) is 0 Å². The smallest absolute Gasteiger partial charge is 0.359 e. The van der Waals surface area contributed by atoms with Crippen LogP contribution in [0.2, 0.25) is 0 Å². The fourth-order valence-electron chi connectivity index (χ4n) is 0.886. The van der Waals surface area contributed by atoms with Crippen molar-refractivity contribution in [2.75, 3.05) is 0 Å². The van der Waals surface area contributed by atoms with E-state index in [9.17, 15) is 20.2 Å². The minimum Gasteiger partial charge on any atom is -0.502 e. The number of hydrogen-bond donors (Lipinski definition) is 2. The van der Waals surface area contributed by atoms with Crippen LogP contribution in [0.1, 0.15) is 0 Å². The molecule has 82 valence electrons. The van der Waals surface area contributed by atoms with Gasteiger partial charge in [-0.1, -0.05) is 0 Å². The van der Waals surface area contributed by atoms with Crippen molar-refractivity contribution in [1.29, 1.82) is 0 Å². The molecule has 2 N–H and O–H groups in total. The van der Waals surface area contributed by atoms with Gasteiger partial charge < -0.3 is 10.2 Å². The van der Waals surface area contributed by atoms with Gasteiger partial charge in [0.2, 0.25) is 0 Å². The van der Waals surface area contributed by atoms with Crippen molar-refractivity contribution in [3.63, 3.8) is 0 Å². The first-order valence-corrected chi connectivity index (χ1v) is 3.29. The van der Waals surface area contributed by atoms with Crippen LogP contribution in [-0.4, -0.2) is 20.1 Å². The molecule has 0 aliphatic heterocycles. The minimum absolute atomic E-state index is 0. The topological polar surface area (TPSA) is 127 Å². The van der Waals surface area contributed by atoms with Gasteiger partial charge in [0.15, 0.2) is 5.75 Å². The number of aromatic hydroxyl groups is 2. The fraction of sp³-hybridized carbons (Fsp3) is 0. The molecular formula is C6H4FeN2O6. The molecule has 1 rings (SSSR count). The summed E-state index contributed by atoms with van der Waals surface area (Å²) in [6.45, 7) is 0. The second kappa shape index (κ2) is 4.58. The summed E-state index contributed by atoms with van der Waals surface area (Å²) in [6.07, 6.45) is 0. The van der Waals surface area contributed by atoms with Gasteiger partial charge in [0.05, 0.1) is 9.85 Å². The summed E-state index contributed by atoms with van der Waals surface area (Å²) in [4.78, 5) is 18.4. The molecule has 8 nitrogen and oxygen atoms in total. The zero-order valence-corrected chi connectivity index (χ0v) is 8.03. The monoisotopic (exact) mass is 256 g/mol. The summed E-state index contributed by atoms with van der Waals surface area (Å²) >= 11 is 0. The average Bonchev–Trinajstić information content (AvgIpc) is 2.02. The van der Waals surface area contributed by atoms with Crippen LogP contribution in [0.5, 0.6) is 11.5 Å². The molecule has 0 bridgehead atoms. The normalized spacial score (nSPS) is 9.07. The molecule has 0 aliphatic carbocycles. The second-order valence-corrected chi connectivity index (χ2v) is 2.32.